The topological polar surface area (TPSA) is 35.5 Å². The van der Waals surface area contributed by atoms with Crippen molar-refractivity contribution in [1.29, 1.82) is 0 Å². The molecular formula is C27H27FO3. The molecule has 3 aromatic rings. The van der Waals surface area contributed by atoms with E-state index >= 15 is 0 Å². The molecule has 1 unspecified atom stereocenters. The van der Waals surface area contributed by atoms with E-state index in [1.54, 1.807) is 31.2 Å². The number of carbonyl (C=O) groups is 1. The number of carbonyl (C=O) groups excluding carboxylic acids is 1. The first kappa shape index (κ1) is 22.3. The Morgan fingerprint density at radius 1 is 1.00 bits per heavy atom. The maximum absolute atomic E-state index is 14.2. The summed E-state index contributed by atoms with van der Waals surface area (Å²) in [6.07, 6.45) is 4.34. The van der Waals surface area contributed by atoms with E-state index in [0.29, 0.717) is 18.8 Å². The second kappa shape index (κ2) is 10.1. The van der Waals surface area contributed by atoms with Gasteiger partial charge in [-0.1, -0.05) is 48.6 Å². The molecule has 4 heteroatoms. The molecule has 0 N–H and O–H groups in total. The molecule has 0 aliphatic heterocycles. The fourth-order valence-corrected chi connectivity index (χ4v) is 3.30. The molecule has 0 heterocycles. The molecule has 0 aromatic heterocycles. The summed E-state index contributed by atoms with van der Waals surface area (Å²) in [6.45, 7) is 6.07. The van der Waals surface area contributed by atoms with Crippen molar-refractivity contribution in [3.63, 3.8) is 0 Å². The monoisotopic (exact) mass is 418 g/mol. The van der Waals surface area contributed by atoms with Gasteiger partial charge in [-0.25, -0.2) is 4.39 Å². The van der Waals surface area contributed by atoms with E-state index in [1.807, 2.05) is 68.5 Å². The highest BCUT2D eigenvalue weighted by atomic mass is 19.1. The molecule has 3 nitrogen and oxygen atoms in total. The Bertz CT molecular complexity index is 1040. The number of hydrogen-bond donors (Lipinski definition) is 0. The number of para-hydroxylation sites is 1. The minimum absolute atomic E-state index is 0.0773. The summed E-state index contributed by atoms with van der Waals surface area (Å²) >= 11 is 0. The number of Topliss-reactive ketones (excluding diaryl/α,β-unsaturated/α-hetero) is 1. The molecule has 0 aliphatic carbocycles. The molecule has 0 amide bonds. The summed E-state index contributed by atoms with van der Waals surface area (Å²) in [4.78, 5) is 12.5. The molecular weight excluding hydrogens is 391 g/mol. The van der Waals surface area contributed by atoms with Crippen LogP contribution in [0.25, 0.3) is 6.08 Å². The fraction of sp³-hybridized carbons (Fsp3) is 0.222. The van der Waals surface area contributed by atoms with Crippen LogP contribution in [0.15, 0.2) is 78.9 Å². The highest BCUT2D eigenvalue weighted by Crippen LogP contribution is 2.32. The molecule has 0 aliphatic rings. The number of allylic oxidation sites excluding steroid dienone is 1. The van der Waals surface area contributed by atoms with Crippen LogP contribution in [0, 0.1) is 5.82 Å². The number of rotatable bonds is 9. The molecule has 3 rings (SSSR count). The third kappa shape index (κ3) is 5.60. The molecule has 0 fully saturated rings. The number of ether oxygens (including phenoxy) is 2. The van der Waals surface area contributed by atoms with Crippen molar-refractivity contribution in [3.05, 3.63) is 95.8 Å². The van der Waals surface area contributed by atoms with Gasteiger partial charge in [0.25, 0.3) is 0 Å². The molecule has 0 bridgehead atoms. The Morgan fingerprint density at radius 3 is 2.35 bits per heavy atom. The van der Waals surface area contributed by atoms with Gasteiger partial charge in [0, 0.05) is 0 Å². The van der Waals surface area contributed by atoms with Crippen LogP contribution in [-0.2, 0) is 10.2 Å². The Morgan fingerprint density at radius 2 is 1.71 bits per heavy atom. The third-order valence-corrected chi connectivity index (χ3v) is 5.34. The van der Waals surface area contributed by atoms with Gasteiger partial charge >= 0.3 is 0 Å². The summed E-state index contributed by atoms with van der Waals surface area (Å²) in [6, 6.07) is 21.5. The lowest BCUT2D eigenvalue weighted by molar-refractivity contribution is -0.121. The first-order chi connectivity index (χ1) is 14.9. The van der Waals surface area contributed by atoms with Crippen LogP contribution in [0.2, 0.25) is 0 Å². The minimum atomic E-state index is -0.662. The predicted molar refractivity (Wildman–Crippen MR) is 122 cm³/mol. The Hall–Kier alpha value is -3.40. The summed E-state index contributed by atoms with van der Waals surface area (Å²) < 4.78 is 25.3. The first-order valence-electron chi connectivity index (χ1n) is 10.4. The van der Waals surface area contributed by atoms with E-state index in [1.165, 1.54) is 6.07 Å². The SMILES string of the molecule is CCOc1ccc(C(C)(CC=Cc2ccc(F)c(Oc3ccccc3)c2)C(C)=O)cc1. The van der Waals surface area contributed by atoms with Gasteiger partial charge in [0.15, 0.2) is 11.6 Å². The van der Waals surface area contributed by atoms with Gasteiger partial charge in [-0.05, 0) is 74.7 Å². The molecule has 0 saturated heterocycles. The van der Waals surface area contributed by atoms with E-state index in [-0.39, 0.29) is 11.5 Å². The number of hydrogen-bond acceptors (Lipinski definition) is 3. The van der Waals surface area contributed by atoms with Crippen LogP contribution in [0.3, 0.4) is 0 Å². The van der Waals surface area contributed by atoms with Crippen LogP contribution in [0.4, 0.5) is 4.39 Å². The van der Waals surface area contributed by atoms with Gasteiger partial charge in [0.2, 0.25) is 0 Å². The zero-order valence-electron chi connectivity index (χ0n) is 18.1. The Balaban J connectivity index is 1.77. The van der Waals surface area contributed by atoms with Crippen LogP contribution in [-0.4, -0.2) is 12.4 Å². The van der Waals surface area contributed by atoms with Crippen molar-refractivity contribution < 1.29 is 18.7 Å². The maximum Gasteiger partial charge on any atom is 0.165 e. The van der Waals surface area contributed by atoms with Gasteiger partial charge in [-0.3, -0.25) is 4.79 Å². The quantitative estimate of drug-likeness (QED) is 0.376. The maximum atomic E-state index is 14.2. The van der Waals surface area contributed by atoms with Crippen molar-refractivity contribution in [2.45, 2.75) is 32.6 Å². The number of ketones is 1. The highest BCUT2D eigenvalue weighted by Gasteiger charge is 2.30. The first-order valence-corrected chi connectivity index (χ1v) is 10.4. The summed E-state index contributed by atoms with van der Waals surface area (Å²) in [5.41, 5.74) is 1.07. The van der Waals surface area contributed by atoms with Crippen molar-refractivity contribution in [2.24, 2.45) is 0 Å². The van der Waals surface area contributed by atoms with Gasteiger partial charge < -0.3 is 9.47 Å². The smallest absolute Gasteiger partial charge is 0.165 e. The van der Waals surface area contributed by atoms with Crippen molar-refractivity contribution in [2.75, 3.05) is 6.61 Å². The Labute approximate surface area is 183 Å². The highest BCUT2D eigenvalue weighted by molar-refractivity contribution is 5.88. The normalized spacial score (nSPS) is 13.0. The van der Waals surface area contributed by atoms with Gasteiger partial charge in [-0.2, -0.15) is 0 Å². The van der Waals surface area contributed by atoms with Gasteiger partial charge in [0.05, 0.1) is 12.0 Å². The second-order valence-corrected chi connectivity index (χ2v) is 7.56. The standard InChI is InChI=1S/C27H27FO3/c1-4-30-23-15-13-22(14-16-23)27(3,20(2)29)18-8-9-21-12-17-25(28)26(19-21)31-24-10-6-5-7-11-24/h5-17,19H,4,18H2,1-3H3. The molecule has 3 aromatic carbocycles. The average molecular weight is 419 g/mol. The lowest BCUT2D eigenvalue weighted by atomic mass is 9.76. The second-order valence-electron chi connectivity index (χ2n) is 7.56. The van der Waals surface area contributed by atoms with E-state index in [9.17, 15) is 9.18 Å². The van der Waals surface area contributed by atoms with E-state index in [2.05, 4.69) is 0 Å². The summed E-state index contributed by atoms with van der Waals surface area (Å²) in [5.74, 6) is 1.17. The number of benzene rings is 3. The molecule has 160 valence electrons. The van der Waals surface area contributed by atoms with Gasteiger partial charge in [-0.15, -0.1) is 0 Å². The molecule has 0 radical (unpaired) electrons. The molecule has 31 heavy (non-hydrogen) atoms. The Kier molecular flexibility index (Phi) is 7.24. The predicted octanol–water partition coefficient (Wildman–Crippen LogP) is 6.97. The zero-order valence-corrected chi connectivity index (χ0v) is 18.1. The third-order valence-electron chi connectivity index (χ3n) is 5.34. The average Bonchev–Trinajstić information content (AvgIpc) is 2.77. The van der Waals surface area contributed by atoms with Crippen LogP contribution in [0.1, 0.15) is 38.3 Å². The van der Waals surface area contributed by atoms with E-state index in [4.69, 9.17) is 9.47 Å². The minimum Gasteiger partial charge on any atom is -0.494 e. The summed E-state index contributed by atoms with van der Waals surface area (Å²) in [5, 5.41) is 0. The van der Waals surface area contributed by atoms with Crippen molar-refractivity contribution in [1.82, 2.24) is 0 Å². The molecule has 0 spiro atoms. The molecule has 0 saturated carbocycles. The van der Waals surface area contributed by atoms with Crippen molar-refractivity contribution >= 4 is 11.9 Å². The van der Waals surface area contributed by atoms with Crippen LogP contribution >= 0.6 is 0 Å². The van der Waals surface area contributed by atoms with E-state index in [0.717, 1.165) is 16.9 Å². The van der Waals surface area contributed by atoms with Crippen LogP contribution < -0.4 is 9.47 Å². The lowest BCUT2D eigenvalue weighted by Gasteiger charge is -2.26. The van der Waals surface area contributed by atoms with Gasteiger partial charge in [0.1, 0.15) is 17.3 Å². The molecule has 1 atom stereocenters. The number of halogens is 1. The fourth-order valence-electron chi connectivity index (χ4n) is 3.30. The zero-order chi connectivity index (χ0) is 22.3. The van der Waals surface area contributed by atoms with Crippen LogP contribution in [0.5, 0.6) is 17.2 Å². The van der Waals surface area contributed by atoms with E-state index < -0.39 is 11.2 Å². The lowest BCUT2D eigenvalue weighted by Crippen LogP contribution is -2.29. The van der Waals surface area contributed by atoms with Crippen molar-refractivity contribution in [3.8, 4) is 17.2 Å². The summed E-state index contributed by atoms with van der Waals surface area (Å²) in [7, 11) is 0. The largest absolute Gasteiger partial charge is 0.494 e.